The lowest BCUT2D eigenvalue weighted by molar-refractivity contribution is -0.119. The molecule has 1 aromatic carbocycles. The second kappa shape index (κ2) is 7.51. The average Bonchev–Trinajstić information content (AvgIpc) is 3.34. The zero-order valence-corrected chi connectivity index (χ0v) is 17.8. The summed E-state index contributed by atoms with van der Waals surface area (Å²) in [6.45, 7) is 4.77. The molecule has 8 heteroatoms. The van der Waals surface area contributed by atoms with Crippen molar-refractivity contribution in [3.05, 3.63) is 40.9 Å². The fourth-order valence-electron chi connectivity index (χ4n) is 4.60. The number of nitrogens with zero attached hydrogens (tertiary/aromatic N) is 3. The molecule has 162 valence electrons. The van der Waals surface area contributed by atoms with Crippen molar-refractivity contribution in [2.45, 2.75) is 51.3 Å². The minimum absolute atomic E-state index is 0.0559. The highest BCUT2D eigenvalue weighted by molar-refractivity contribution is 6.06. The molecule has 4 aliphatic rings. The summed E-state index contributed by atoms with van der Waals surface area (Å²) in [6.07, 6.45) is 5.83. The summed E-state index contributed by atoms with van der Waals surface area (Å²) in [7, 11) is 0. The third-order valence-corrected chi connectivity index (χ3v) is 6.70. The van der Waals surface area contributed by atoms with E-state index in [1.165, 1.54) is 6.21 Å². The molecule has 0 bridgehead atoms. The van der Waals surface area contributed by atoms with E-state index in [9.17, 15) is 4.79 Å². The normalized spacial score (nSPS) is 28.3. The van der Waals surface area contributed by atoms with Gasteiger partial charge in [0.1, 0.15) is 17.8 Å². The number of hydrogen-bond donors (Lipinski definition) is 3. The SMILES string of the molecule is CC1C(c2ccc(N)c(C=N)c2)=NC(O[C@H](C)[C@H]2CNC(=O)C2)=C2C1N=CN2C1CC1. The van der Waals surface area contributed by atoms with Crippen LogP contribution in [-0.4, -0.2) is 53.8 Å². The summed E-state index contributed by atoms with van der Waals surface area (Å²) in [5, 5.41) is 10.5. The molecule has 1 saturated carbocycles. The number of carbonyl (C=O) groups is 1. The van der Waals surface area contributed by atoms with Crippen molar-refractivity contribution in [3.8, 4) is 0 Å². The van der Waals surface area contributed by atoms with Gasteiger partial charge in [-0.05, 0) is 37.5 Å². The van der Waals surface area contributed by atoms with Gasteiger partial charge < -0.3 is 26.1 Å². The van der Waals surface area contributed by atoms with Crippen LogP contribution in [0.1, 0.15) is 44.2 Å². The number of anilines is 1. The standard InChI is InChI=1S/C23H28N6O2/c1-12-20(14-3-6-18(25)15(7-14)9-24)28-23(31-13(2)16-8-19(30)26-10-16)22-21(12)27-11-29(22)17-4-5-17/h3,6-7,9,11-13,16-17,21,24H,4-5,8,10,25H2,1-2H3,(H,26,30)/t12?,13-,16-,21?/m1/s1. The van der Waals surface area contributed by atoms with Crippen molar-refractivity contribution in [2.75, 3.05) is 12.3 Å². The summed E-state index contributed by atoms with van der Waals surface area (Å²) >= 11 is 0. The van der Waals surface area contributed by atoms with Crippen LogP contribution in [0.25, 0.3) is 0 Å². The quantitative estimate of drug-likeness (QED) is 0.484. The van der Waals surface area contributed by atoms with Crippen LogP contribution in [0.3, 0.4) is 0 Å². The Morgan fingerprint density at radius 2 is 2.19 bits per heavy atom. The van der Waals surface area contributed by atoms with E-state index in [1.54, 1.807) is 0 Å². The summed E-state index contributed by atoms with van der Waals surface area (Å²) in [6, 6.07) is 6.08. The zero-order chi connectivity index (χ0) is 21.7. The Kier molecular flexibility index (Phi) is 4.79. The predicted molar refractivity (Wildman–Crippen MR) is 120 cm³/mol. The van der Waals surface area contributed by atoms with E-state index in [-0.39, 0.29) is 29.9 Å². The number of nitrogen functional groups attached to an aromatic ring is 1. The first-order valence-electron chi connectivity index (χ1n) is 10.9. The molecule has 4 N–H and O–H groups in total. The van der Waals surface area contributed by atoms with Crippen LogP contribution in [0, 0.1) is 17.2 Å². The minimum Gasteiger partial charge on any atom is -0.473 e. The average molecular weight is 421 g/mol. The van der Waals surface area contributed by atoms with E-state index in [0.717, 1.165) is 29.8 Å². The highest BCUT2D eigenvalue weighted by Gasteiger charge is 2.44. The molecule has 2 fully saturated rings. The van der Waals surface area contributed by atoms with Crippen molar-refractivity contribution in [2.24, 2.45) is 21.8 Å². The van der Waals surface area contributed by atoms with Crippen LogP contribution in [0.4, 0.5) is 5.69 Å². The highest BCUT2D eigenvalue weighted by atomic mass is 16.5. The van der Waals surface area contributed by atoms with Crippen LogP contribution in [0.2, 0.25) is 0 Å². The number of carbonyl (C=O) groups excluding carboxylic acids is 1. The van der Waals surface area contributed by atoms with E-state index in [2.05, 4.69) is 17.1 Å². The molecule has 1 amide bonds. The van der Waals surface area contributed by atoms with Gasteiger partial charge in [0, 0.05) is 48.3 Å². The molecule has 2 unspecified atom stereocenters. The fourth-order valence-corrected chi connectivity index (χ4v) is 4.60. The molecule has 8 nitrogen and oxygen atoms in total. The van der Waals surface area contributed by atoms with E-state index in [4.69, 9.17) is 25.9 Å². The first-order valence-corrected chi connectivity index (χ1v) is 10.9. The number of amides is 1. The van der Waals surface area contributed by atoms with E-state index < -0.39 is 0 Å². The summed E-state index contributed by atoms with van der Waals surface area (Å²) in [4.78, 5) is 23.8. The first-order chi connectivity index (χ1) is 15.0. The van der Waals surface area contributed by atoms with Gasteiger partial charge in [-0.1, -0.05) is 13.0 Å². The largest absolute Gasteiger partial charge is 0.473 e. The Bertz CT molecular complexity index is 1020. The Balaban J connectivity index is 1.54. The minimum atomic E-state index is -0.147. The van der Waals surface area contributed by atoms with Gasteiger partial charge in [-0.25, -0.2) is 4.99 Å². The van der Waals surface area contributed by atoms with Crippen LogP contribution in [0.5, 0.6) is 0 Å². The number of nitrogens with two attached hydrogens (primary N) is 1. The van der Waals surface area contributed by atoms with Gasteiger partial charge in [-0.15, -0.1) is 0 Å². The molecule has 0 aromatic heterocycles. The molecule has 1 aliphatic carbocycles. The molecule has 4 atom stereocenters. The summed E-state index contributed by atoms with van der Waals surface area (Å²) in [5.74, 6) is 0.856. The van der Waals surface area contributed by atoms with E-state index >= 15 is 0 Å². The lowest BCUT2D eigenvalue weighted by atomic mass is 9.87. The molecule has 0 spiro atoms. The maximum Gasteiger partial charge on any atom is 0.236 e. The van der Waals surface area contributed by atoms with E-state index in [1.807, 2.05) is 31.5 Å². The first kappa shape index (κ1) is 19.8. The summed E-state index contributed by atoms with van der Waals surface area (Å²) in [5.41, 5.74) is 10.1. The number of hydrogen-bond acceptors (Lipinski definition) is 7. The van der Waals surface area contributed by atoms with Crippen molar-refractivity contribution < 1.29 is 9.53 Å². The van der Waals surface area contributed by atoms with Crippen molar-refractivity contribution in [1.29, 1.82) is 5.41 Å². The van der Waals surface area contributed by atoms with Crippen LogP contribution < -0.4 is 11.1 Å². The molecule has 3 aliphatic heterocycles. The van der Waals surface area contributed by atoms with Crippen molar-refractivity contribution >= 4 is 29.9 Å². The number of nitrogens with one attached hydrogen (secondary N) is 2. The van der Waals surface area contributed by atoms with E-state index in [0.29, 0.717) is 36.1 Å². The molecule has 31 heavy (non-hydrogen) atoms. The maximum atomic E-state index is 11.7. The third-order valence-electron chi connectivity index (χ3n) is 6.70. The Morgan fingerprint density at radius 3 is 2.87 bits per heavy atom. The molecule has 1 aromatic rings. The predicted octanol–water partition coefficient (Wildman–Crippen LogP) is 2.29. The third kappa shape index (κ3) is 3.49. The van der Waals surface area contributed by atoms with Gasteiger partial charge >= 0.3 is 0 Å². The maximum absolute atomic E-state index is 11.7. The second-order valence-electron chi connectivity index (χ2n) is 8.90. The van der Waals surface area contributed by atoms with Gasteiger partial charge in [-0.3, -0.25) is 9.79 Å². The van der Waals surface area contributed by atoms with Crippen molar-refractivity contribution in [3.63, 3.8) is 0 Å². The monoisotopic (exact) mass is 420 g/mol. The van der Waals surface area contributed by atoms with Crippen LogP contribution in [0.15, 0.2) is 39.8 Å². The number of aliphatic imine (C=N–C) groups is 2. The summed E-state index contributed by atoms with van der Waals surface area (Å²) < 4.78 is 6.43. The molecular weight excluding hydrogens is 392 g/mol. The Hall–Kier alpha value is -3.16. The number of rotatable bonds is 6. The van der Waals surface area contributed by atoms with Crippen LogP contribution >= 0.6 is 0 Å². The lowest BCUT2D eigenvalue weighted by Gasteiger charge is -2.32. The molecule has 3 heterocycles. The smallest absolute Gasteiger partial charge is 0.236 e. The lowest BCUT2D eigenvalue weighted by Crippen LogP contribution is -2.36. The number of fused-ring (bicyclic) bond motifs is 1. The Labute approximate surface area is 181 Å². The van der Waals surface area contributed by atoms with Crippen LogP contribution in [-0.2, 0) is 9.53 Å². The van der Waals surface area contributed by atoms with Gasteiger partial charge in [0.2, 0.25) is 11.8 Å². The van der Waals surface area contributed by atoms with Crippen molar-refractivity contribution in [1.82, 2.24) is 10.2 Å². The molecular formula is C23H28N6O2. The Morgan fingerprint density at radius 1 is 1.39 bits per heavy atom. The molecule has 1 saturated heterocycles. The molecule has 0 radical (unpaired) electrons. The number of benzene rings is 1. The fraction of sp³-hybridized carbons (Fsp3) is 0.478. The van der Waals surface area contributed by atoms with Gasteiger partial charge in [0.05, 0.1) is 12.1 Å². The second-order valence-corrected chi connectivity index (χ2v) is 8.90. The topological polar surface area (TPSA) is 116 Å². The zero-order valence-electron chi connectivity index (χ0n) is 17.8. The van der Waals surface area contributed by atoms with Gasteiger partial charge in [-0.2, -0.15) is 0 Å². The number of ether oxygens (including phenoxy) is 1. The molecule has 5 rings (SSSR count). The van der Waals surface area contributed by atoms with Gasteiger partial charge in [0.15, 0.2) is 0 Å². The highest BCUT2D eigenvalue weighted by Crippen LogP contribution is 2.41. The van der Waals surface area contributed by atoms with Gasteiger partial charge in [0.25, 0.3) is 0 Å².